The number of nitriles is 1. The lowest BCUT2D eigenvalue weighted by molar-refractivity contribution is -0.122. The van der Waals surface area contributed by atoms with Gasteiger partial charge in [-0.05, 0) is 36.3 Å². The fraction of sp³-hybridized carbons (Fsp3) is 0.241. The third-order valence-corrected chi connectivity index (χ3v) is 8.45. The van der Waals surface area contributed by atoms with E-state index < -0.39 is 5.56 Å². The zero-order chi connectivity index (χ0) is 27.7. The van der Waals surface area contributed by atoms with Crippen molar-refractivity contribution < 1.29 is 9.18 Å². The monoisotopic (exact) mass is 559 g/mol. The predicted molar refractivity (Wildman–Crippen MR) is 157 cm³/mol. The number of benzene rings is 2. The van der Waals surface area contributed by atoms with Crippen molar-refractivity contribution in [3.63, 3.8) is 0 Å². The molecule has 10 heteroatoms. The van der Waals surface area contributed by atoms with Crippen LogP contribution in [0.3, 0.4) is 0 Å². The number of nitrogens with zero attached hydrogens (tertiary/aromatic N) is 5. The Bertz CT molecular complexity index is 1590. The van der Waals surface area contributed by atoms with Gasteiger partial charge in [-0.25, -0.2) is 4.39 Å². The van der Waals surface area contributed by atoms with E-state index in [1.165, 1.54) is 22.4 Å². The van der Waals surface area contributed by atoms with Crippen LogP contribution in [0.2, 0.25) is 0 Å². The van der Waals surface area contributed by atoms with Gasteiger partial charge in [0.1, 0.15) is 27.6 Å². The van der Waals surface area contributed by atoms with Crippen LogP contribution >= 0.6 is 24.0 Å². The van der Waals surface area contributed by atoms with Gasteiger partial charge in [-0.2, -0.15) is 5.26 Å². The molecule has 0 unspecified atom stereocenters. The Morgan fingerprint density at radius 1 is 1.03 bits per heavy atom. The zero-order valence-corrected chi connectivity index (χ0v) is 23.2. The number of halogens is 1. The van der Waals surface area contributed by atoms with Crippen molar-refractivity contribution >= 4 is 51.8 Å². The molecule has 2 saturated heterocycles. The molecule has 0 saturated carbocycles. The standard InChI is InChI=1S/C29H26FN5O2S2/c1-19-21(16-25-28(37)35(29(38)39-25)18-20-8-4-3-5-9-20)26(32(2)27(36)22(19)17-31)34-14-12-33(13-15-34)24-11-7-6-10-23(24)30/h3-11,16H,12-15,18H2,1-2H3/b25-16-. The molecule has 3 heterocycles. The molecular formula is C29H26FN5O2S2. The minimum atomic E-state index is -0.393. The van der Waals surface area contributed by atoms with Gasteiger partial charge in [0.2, 0.25) is 0 Å². The number of aromatic nitrogens is 1. The number of amides is 1. The summed E-state index contributed by atoms with van der Waals surface area (Å²) in [6.07, 6.45) is 1.75. The van der Waals surface area contributed by atoms with Gasteiger partial charge in [-0.15, -0.1) is 0 Å². The molecule has 2 aromatic carbocycles. The normalized spacial score (nSPS) is 16.8. The molecule has 1 aromatic heterocycles. The number of thioether (sulfide) groups is 1. The van der Waals surface area contributed by atoms with E-state index >= 15 is 0 Å². The largest absolute Gasteiger partial charge is 0.366 e. The van der Waals surface area contributed by atoms with E-state index in [0.29, 0.717) is 64.6 Å². The number of rotatable bonds is 5. The van der Waals surface area contributed by atoms with Crippen LogP contribution in [0.15, 0.2) is 64.3 Å². The molecule has 7 nitrogen and oxygen atoms in total. The first-order chi connectivity index (χ1) is 18.8. The number of hydrogen-bond acceptors (Lipinski definition) is 7. The van der Waals surface area contributed by atoms with Crippen molar-refractivity contribution in [1.29, 1.82) is 5.26 Å². The van der Waals surface area contributed by atoms with Gasteiger partial charge in [0, 0.05) is 38.8 Å². The summed E-state index contributed by atoms with van der Waals surface area (Å²) in [6.45, 7) is 4.25. The minimum Gasteiger partial charge on any atom is -0.366 e. The van der Waals surface area contributed by atoms with Gasteiger partial charge < -0.3 is 9.80 Å². The van der Waals surface area contributed by atoms with E-state index in [2.05, 4.69) is 4.90 Å². The SMILES string of the molecule is Cc1c(/C=C2\SC(=S)N(Cc3ccccc3)C2=O)c(N2CCN(c3ccccc3F)CC2)n(C)c(=O)c1C#N. The lowest BCUT2D eigenvalue weighted by Crippen LogP contribution is -2.48. The first-order valence-corrected chi connectivity index (χ1v) is 13.7. The molecule has 0 atom stereocenters. The summed E-state index contributed by atoms with van der Waals surface area (Å²) in [5.41, 5.74) is 2.30. The van der Waals surface area contributed by atoms with Crippen LogP contribution < -0.4 is 15.4 Å². The maximum Gasteiger partial charge on any atom is 0.270 e. The Labute approximate surface area is 235 Å². The molecule has 1 amide bonds. The van der Waals surface area contributed by atoms with Crippen molar-refractivity contribution in [3.8, 4) is 6.07 Å². The van der Waals surface area contributed by atoms with Crippen LogP contribution in [0.4, 0.5) is 15.9 Å². The molecule has 198 valence electrons. The van der Waals surface area contributed by atoms with Crippen LogP contribution in [-0.4, -0.2) is 45.9 Å². The van der Waals surface area contributed by atoms with E-state index in [4.69, 9.17) is 12.2 Å². The number of piperazine rings is 1. The van der Waals surface area contributed by atoms with Crippen molar-refractivity contribution in [2.75, 3.05) is 36.0 Å². The summed E-state index contributed by atoms with van der Waals surface area (Å²) >= 11 is 6.75. The average Bonchev–Trinajstić information content (AvgIpc) is 3.20. The van der Waals surface area contributed by atoms with Crippen molar-refractivity contribution in [3.05, 3.63) is 97.9 Å². The Morgan fingerprint density at radius 3 is 2.33 bits per heavy atom. The molecule has 5 rings (SSSR count). The van der Waals surface area contributed by atoms with Crippen LogP contribution in [-0.2, 0) is 18.4 Å². The lowest BCUT2D eigenvalue weighted by atomic mass is 10.0. The Kier molecular flexibility index (Phi) is 7.55. The molecule has 2 aliphatic rings. The van der Waals surface area contributed by atoms with E-state index in [0.717, 1.165) is 5.56 Å². The maximum absolute atomic E-state index is 14.4. The van der Waals surface area contributed by atoms with E-state index in [9.17, 15) is 19.2 Å². The molecule has 0 aliphatic carbocycles. The second-order valence-corrected chi connectivity index (χ2v) is 11.1. The third-order valence-electron chi connectivity index (χ3n) is 7.07. The Balaban J connectivity index is 1.50. The van der Waals surface area contributed by atoms with Crippen LogP contribution in [0.25, 0.3) is 6.08 Å². The quantitative estimate of drug-likeness (QED) is 0.338. The Hall–Kier alpha value is -3.94. The average molecular weight is 560 g/mol. The molecule has 2 fully saturated rings. The highest BCUT2D eigenvalue weighted by molar-refractivity contribution is 8.26. The summed E-state index contributed by atoms with van der Waals surface area (Å²) in [5.74, 6) is 0.139. The molecule has 0 radical (unpaired) electrons. The summed E-state index contributed by atoms with van der Waals surface area (Å²) in [5, 5.41) is 9.76. The van der Waals surface area contributed by atoms with Crippen molar-refractivity contribution in [1.82, 2.24) is 9.47 Å². The number of para-hydroxylation sites is 1. The number of carbonyl (C=O) groups excluding carboxylic acids is 1. The highest BCUT2D eigenvalue weighted by Crippen LogP contribution is 2.36. The summed E-state index contributed by atoms with van der Waals surface area (Å²) < 4.78 is 16.3. The molecule has 3 aromatic rings. The van der Waals surface area contributed by atoms with Gasteiger partial charge in [0.15, 0.2) is 0 Å². The number of thiocarbonyl (C=S) groups is 1. The molecule has 2 aliphatic heterocycles. The van der Waals surface area contributed by atoms with Crippen molar-refractivity contribution in [2.24, 2.45) is 7.05 Å². The summed E-state index contributed by atoms with van der Waals surface area (Å²) in [6, 6.07) is 18.3. The smallest absolute Gasteiger partial charge is 0.270 e. The molecule has 0 N–H and O–H groups in total. The number of anilines is 2. The van der Waals surface area contributed by atoms with E-state index in [-0.39, 0.29) is 17.3 Å². The van der Waals surface area contributed by atoms with E-state index in [1.807, 2.05) is 47.4 Å². The first-order valence-electron chi connectivity index (χ1n) is 12.5. The maximum atomic E-state index is 14.4. The second kappa shape index (κ2) is 11.0. The fourth-order valence-electron chi connectivity index (χ4n) is 5.00. The van der Waals surface area contributed by atoms with Crippen LogP contribution in [0.5, 0.6) is 0 Å². The second-order valence-electron chi connectivity index (χ2n) is 9.39. The fourth-order valence-corrected chi connectivity index (χ4v) is 6.23. The minimum absolute atomic E-state index is 0.0391. The van der Waals surface area contributed by atoms with Gasteiger partial charge in [-0.3, -0.25) is 19.1 Å². The molecule has 0 spiro atoms. The van der Waals surface area contributed by atoms with Crippen LogP contribution in [0, 0.1) is 24.1 Å². The lowest BCUT2D eigenvalue weighted by Gasteiger charge is -2.38. The van der Waals surface area contributed by atoms with Gasteiger partial charge >= 0.3 is 0 Å². The molecule has 39 heavy (non-hydrogen) atoms. The third kappa shape index (κ3) is 5.07. The van der Waals surface area contributed by atoms with Gasteiger partial charge in [-0.1, -0.05) is 66.4 Å². The Morgan fingerprint density at radius 2 is 1.67 bits per heavy atom. The zero-order valence-electron chi connectivity index (χ0n) is 21.6. The number of pyridine rings is 1. The van der Waals surface area contributed by atoms with Crippen LogP contribution in [0.1, 0.15) is 22.3 Å². The summed E-state index contributed by atoms with van der Waals surface area (Å²) in [4.78, 5) is 32.6. The van der Waals surface area contributed by atoms with E-state index in [1.54, 1.807) is 37.1 Å². The van der Waals surface area contributed by atoms with Gasteiger partial charge in [0.25, 0.3) is 11.5 Å². The predicted octanol–water partition coefficient (Wildman–Crippen LogP) is 4.43. The topological polar surface area (TPSA) is 72.6 Å². The van der Waals surface area contributed by atoms with Crippen molar-refractivity contribution in [2.45, 2.75) is 13.5 Å². The first kappa shape index (κ1) is 26.7. The summed E-state index contributed by atoms with van der Waals surface area (Å²) in [7, 11) is 1.64. The molecule has 0 bridgehead atoms. The number of carbonyl (C=O) groups is 1. The highest BCUT2D eigenvalue weighted by Gasteiger charge is 2.33. The number of hydrogen-bond donors (Lipinski definition) is 0. The molecular weight excluding hydrogens is 533 g/mol. The highest BCUT2D eigenvalue weighted by atomic mass is 32.2. The van der Waals surface area contributed by atoms with Gasteiger partial charge in [0.05, 0.1) is 17.1 Å².